The zero-order valence-corrected chi connectivity index (χ0v) is 17.0. The molecule has 0 unspecified atom stereocenters. The molecule has 0 bridgehead atoms. The van der Waals surface area contributed by atoms with E-state index in [2.05, 4.69) is 6.08 Å². The first-order valence-corrected chi connectivity index (χ1v) is 9.48. The molecule has 0 aliphatic carbocycles. The monoisotopic (exact) mass is 361 g/mol. The van der Waals surface area contributed by atoms with Crippen molar-refractivity contribution in [2.24, 2.45) is 0 Å². The Morgan fingerprint density at radius 3 is 2.08 bits per heavy atom. The first-order chi connectivity index (χ1) is 11.4. The molecule has 0 atom stereocenters. The molecule has 0 radical (unpaired) electrons. The number of thioether (sulfide) groups is 1. The average molecular weight is 361 g/mol. The SMILES string of the molecule is CC(=O)SCC(=Cc1c(C)cc(N)cc1C)B1OC(C)(C)C(C)(C)O1. The number of hydrogen-bond acceptors (Lipinski definition) is 5. The van der Waals surface area contributed by atoms with Crippen LogP contribution >= 0.6 is 11.8 Å². The summed E-state index contributed by atoms with van der Waals surface area (Å²) in [5, 5.41) is 0.0770. The van der Waals surface area contributed by atoms with Crippen LogP contribution in [0, 0.1) is 13.8 Å². The molecule has 136 valence electrons. The summed E-state index contributed by atoms with van der Waals surface area (Å²) in [7, 11) is -0.465. The highest BCUT2D eigenvalue weighted by atomic mass is 32.2. The molecule has 1 aromatic carbocycles. The molecule has 0 aromatic heterocycles. The fourth-order valence-electron chi connectivity index (χ4n) is 2.78. The maximum atomic E-state index is 11.5. The number of carbonyl (C=O) groups is 1. The number of aryl methyl sites for hydroxylation is 2. The van der Waals surface area contributed by atoms with Crippen molar-refractivity contribution in [1.82, 2.24) is 0 Å². The fourth-order valence-corrected chi connectivity index (χ4v) is 3.37. The van der Waals surface area contributed by atoms with Crippen LogP contribution in [-0.4, -0.2) is 29.2 Å². The summed E-state index contributed by atoms with van der Waals surface area (Å²) >= 11 is 1.27. The van der Waals surface area contributed by atoms with E-state index in [1.165, 1.54) is 11.8 Å². The van der Waals surface area contributed by atoms with E-state index in [9.17, 15) is 4.79 Å². The summed E-state index contributed by atoms with van der Waals surface area (Å²) in [6.07, 6.45) is 2.09. The smallest absolute Gasteiger partial charge is 0.400 e. The molecule has 4 nitrogen and oxygen atoms in total. The van der Waals surface area contributed by atoms with Crippen molar-refractivity contribution in [3.63, 3.8) is 0 Å². The van der Waals surface area contributed by atoms with E-state index in [0.717, 1.165) is 27.9 Å². The van der Waals surface area contributed by atoms with Gasteiger partial charge in [-0.15, -0.1) is 0 Å². The second-order valence-electron chi connectivity index (χ2n) is 7.66. The predicted octanol–water partition coefficient (Wildman–Crippen LogP) is 4.18. The van der Waals surface area contributed by atoms with Crippen molar-refractivity contribution in [3.05, 3.63) is 34.3 Å². The van der Waals surface area contributed by atoms with Crippen molar-refractivity contribution in [1.29, 1.82) is 0 Å². The molecule has 25 heavy (non-hydrogen) atoms. The average Bonchev–Trinajstić information content (AvgIpc) is 2.65. The highest BCUT2D eigenvalue weighted by Gasteiger charge is 2.52. The van der Waals surface area contributed by atoms with Gasteiger partial charge in [0.05, 0.1) is 11.2 Å². The molecule has 1 aliphatic rings. The summed E-state index contributed by atoms with van der Waals surface area (Å²) in [5.41, 5.74) is 10.1. The van der Waals surface area contributed by atoms with E-state index in [1.54, 1.807) is 6.92 Å². The van der Waals surface area contributed by atoms with Gasteiger partial charge in [0.1, 0.15) is 0 Å². The zero-order chi connectivity index (χ0) is 19.0. The van der Waals surface area contributed by atoms with E-state index >= 15 is 0 Å². The van der Waals surface area contributed by atoms with E-state index in [-0.39, 0.29) is 5.12 Å². The Labute approximate surface area is 155 Å². The van der Waals surface area contributed by atoms with Crippen LogP contribution in [0.4, 0.5) is 5.69 Å². The van der Waals surface area contributed by atoms with Crippen LogP contribution in [0.2, 0.25) is 0 Å². The molecule has 0 saturated carbocycles. The minimum Gasteiger partial charge on any atom is -0.400 e. The van der Waals surface area contributed by atoms with E-state index < -0.39 is 18.3 Å². The van der Waals surface area contributed by atoms with E-state index in [1.807, 2.05) is 53.7 Å². The molecule has 1 heterocycles. The topological polar surface area (TPSA) is 61.6 Å². The lowest BCUT2D eigenvalue weighted by molar-refractivity contribution is -0.109. The Bertz CT molecular complexity index is 674. The van der Waals surface area contributed by atoms with Gasteiger partial charge in [-0.1, -0.05) is 17.8 Å². The number of rotatable bonds is 4. The molecular weight excluding hydrogens is 333 g/mol. The highest BCUT2D eigenvalue weighted by Crippen LogP contribution is 2.39. The van der Waals surface area contributed by atoms with E-state index in [4.69, 9.17) is 15.0 Å². The molecule has 1 fully saturated rings. The summed E-state index contributed by atoms with van der Waals surface area (Å²) in [6.45, 7) is 13.8. The number of carbonyl (C=O) groups excluding carboxylic acids is 1. The second-order valence-corrected chi connectivity index (χ2v) is 8.81. The standard InChI is InChI=1S/C19H28BNO3S/c1-12-8-16(21)9-13(2)17(12)10-15(11-25-14(3)22)20-23-18(4,5)19(6,7)24-20/h8-10H,11,21H2,1-7H3. The zero-order valence-electron chi connectivity index (χ0n) is 16.2. The molecule has 6 heteroatoms. The fraction of sp³-hybridized carbons (Fsp3) is 0.526. The van der Waals surface area contributed by atoms with Crippen LogP contribution in [-0.2, 0) is 14.1 Å². The van der Waals surface area contributed by atoms with Gasteiger partial charge in [0.2, 0.25) is 0 Å². The third kappa shape index (κ3) is 4.49. The van der Waals surface area contributed by atoms with Gasteiger partial charge in [0.25, 0.3) is 0 Å². The molecular formula is C19H28BNO3S. The maximum absolute atomic E-state index is 11.5. The lowest BCUT2D eigenvalue weighted by atomic mass is 9.77. The number of nitrogens with two attached hydrogens (primary N) is 1. The molecule has 2 rings (SSSR count). The first kappa shape index (κ1) is 20.1. The molecule has 2 N–H and O–H groups in total. The van der Waals surface area contributed by atoms with E-state index in [0.29, 0.717) is 5.75 Å². The number of hydrogen-bond donors (Lipinski definition) is 1. The summed E-state index contributed by atoms with van der Waals surface area (Å²) in [5.74, 6) is 0.537. The quantitative estimate of drug-likeness (QED) is 0.644. The van der Waals surface area contributed by atoms with Crippen LogP contribution in [0.1, 0.15) is 51.3 Å². The first-order valence-electron chi connectivity index (χ1n) is 8.49. The van der Waals surface area contributed by atoms with Crippen LogP contribution in [0.25, 0.3) is 6.08 Å². The minimum atomic E-state index is -0.465. The van der Waals surface area contributed by atoms with Crippen LogP contribution in [0.5, 0.6) is 0 Å². The molecule has 1 aliphatic heterocycles. The largest absolute Gasteiger partial charge is 0.491 e. The number of nitrogen functional groups attached to an aromatic ring is 1. The van der Waals surface area contributed by atoms with Crippen molar-refractivity contribution < 1.29 is 14.1 Å². The van der Waals surface area contributed by atoms with Gasteiger partial charge in [0.15, 0.2) is 5.12 Å². The van der Waals surface area contributed by atoms with Gasteiger partial charge in [-0.3, -0.25) is 4.79 Å². The van der Waals surface area contributed by atoms with Crippen LogP contribution in [0.3, 0.4) is 0 Å². The second kappa shape index (κ2) is 7.18. The van der Waals surface area contributed by atoms with Crippen molar-refractivity contribution in [2.75, 3.05) is 11.5 Å². The molecule has 0 spiro atoms. The third-order valence-electron chi connectivity index (χ3n) is 4.94. The lowest BCUT2D eigenvalue weighted by Crippen LogP contribution is -2.41. The maximum Gasteiger partial charge on any atom is 0.491 e. The van der Waals surface area contributed by atoms with Crippen LogP contribution < -0.4 is 5.73 Å². The van der Waals surface area contributed by atoms with Gasteiger partial charge >= 0.3 is 7.12 Å². The Balaban J connectivity index is 2.42. The number of benzene rings is 1. The van der Waals surface area contributed by atoms with Gasteiger partial charge in [-0.2, -0.15) is 0 Å². The predicted molar refractivity (Wildman–Crippen MR) is 108 cm³/mol. The summed E-state index contributed by atoms with van der Waals surface area (Å²) in [6, 6.07) is 3.91. The van der Waals surface area contributed by atoms with Gasteiger partial charge in [-0.05, 0) is 75.8 Å². The Kier molecular flexibility index (Phi) is 5.76. The lowest BCUT2D eigenvalue weighted by Gasteiger charge is -2.32. The summed E-state index contributed by atoms with van der Waals surface area (Å²) in [4.78, 5) is 11.5. The minimum absolute atomic E-state index is 0.0770. The Hall–Kier alpha value is -1.24. The highest BCUT2D eigenvalue weighted by molar-refractivity contribution is 8.13. The summed E-state index contributed by atoms with van der Waals surface area (Å²) < 4.78 is 12.4. The normalized spacial score (nSPS) is 19.3. The molecule has 1 aromatic rings. The van der Waals surface area contributed by atoms with Gasteiger partial charge < -0.3 is 15.0 Å². The Morgan fingerprint density at radius 2 is 1.64 bits per heavy atom. The Morgan fingerprint density at radius 1 is 1.16 bits per heavy atom. The van der Waals surface area contributed by atoms with Crippen molar-refractivity contribution >= 4 is 35.8 Å². The third-order valence-corrected chi connectivity index (χ3v) is 5.83. The molecule has 1 saturated heterocycles. The number of anilines is 1. The molecule has 0 amide bonds. The van der Waals surface area contributed by atoms with Gasteiger partial charge in [0, 0.05) is 18.4 Å². The van der Waals surface area contributed by atoms with Crippen molar-refractivity contribution in [3.8, 4) is 0 Å². The van der Waals surface area contributed by atoms with Crippen molar-refractivity contribution in [2.45, 2.75) is 59.7 Å². The van der Waals surface area contributed by atoms with Gasteiger partial charge in [-0.25, -0.2) is 0 Å². The van der Waals surface area contributed by atoms with Crippen LogP contribution in [0.15, 0.2) is 17.6 Å².